The normalized spacial score (nSPS) is 13.3. The number of carbonyl (C=O) groups is 2. The maximum absolute atomic E-state index is 14.0. The third-order valence-electron chi connectivity index (χ3n) is 7.57. The average Bonchev–Trinajstić information content (AvgIpc) is 3.55. The standard InChI is InChI=1S/C35H39F2N3O4/c1-4-7-22(3)33(42)26-16-27(18-28(17-26)35-39-10-11-44-35)34(43)40-31(15-25-13-29(36)19-30(37)14-25)32(41)21-38-20-24-9-6-8-23(5-2)12-24/h6,8-14,16-19,22,31-32,38,41H,4-5,7,15,20-21H2,1-3H3,(H,40,43)/t22?,31-,32-/m0/s1. The summed E-state index contributed by atoms with van der Waals surface area (Å²) in [4.78, 5) is 31.1. The largest absolute Gasteiger partial charge is 0.445 e. The molecule has 1 aromatic heterocycles. The van der Waals surface area contributed by atoms with Crippen LogP contribution in [-0.4, -0.2) is 40.5 Å². The van der Waals surface area contributed by atoms with Crippen LogP contribution in [0.3, 0.4) is 0 Å². The molecule has 0 saturated heterocycles. The summed E-state index contributed by atoms with van der Waals surface area (Å²) in [6, 6.07) is 15.0. The molecule has 0 aliphatic rings. The number of hydrogen-bond donors (Lipinski definition) is 3. The maximum Gasteiger partial charge on any atom is 0.251 e. The van der Waals surface area contributed by atoms with Crippen molar-refractivity contribution in [3.8, 4) is 11.5 Å². The number of amides is 1. The van der Waals surface area contributed by atoms with Crippen LogP contribution in [0.15, 0.2) is 77.5 Å². The molecule has 9 heteroatoms. The molecule has 0 spiro atoms. The number of ketones is 1. The average molecular weight is 604 g/mol. The van der Waals surface area contributed by atoms with Crippen molar-refractivity contribution in [1.82, 2.24) is 15.6 Å². The van der Waals surface area contributed by atoms with Crippen LogP contribution in [0.5, 0.6) is 0 Å². The maximum atomic E-state index is 14.0. The predicted molar refractivity (Wildman–Crippen MR) is 165 cm³/mol. The van der Waals surface area contributed by atoms with E-state index < -0.39 is 29.7 Å². The van der Waals surface area contributed by atoms with Gasteiger partial charge in [0.1, 0.15) is 17.9 Å². The minimum atomic E-state index is -1.11. The SMILES string of the molecule is CCCC(C)C(=O)c1cc(C(=O)N[C@@H](Cc2cc(F)cc(F)c2)[C@@H](O)CNCc2cccc(CC)c2)cc(-c2ncco2)c1. The molecule has 0 bridgehead atoms. The van der Waals surface area contributed by atoms with Crippen molar-refractivity contribution >= 4 is 11.7 Å². The Morgan fingerprint density at radius 3 is 2.36 bits per heavy atom. The van der Waals surface area contributed by atoms with Gasteiger partial charge in [0.15, 0.2) is 5.78 Å². The highest BCUT2D eigenvalue weighted by Gasteiger charge is 2.25. The molecule has 1 unspecified atom stereocenters. The zero-order valence-electron chi connectivity index (χ0n) is 25.3. The van der Waals surface area contributed by atoms with E-state index in [2.05, 4.69) is 28.6 Å². The quantitative estimate of drug-likeness (QED) is 0.138. The Morgan fingerprint density at radius 1 is 0.955 bits per heavy atom. The zero-order valence-corrected chi connectivity index (χ0v) is 25.3. The van der Waals surface area contributed by atoms with Crippen LogP contribution in [-0.2, 0) is 19.4 Å². The van der Waals surface area contributed by atoms with E-state index in [1.54, 1.807) is 12.1 Å². The van der Waals surface area contributed by atoms with E-state index in [1.807, 2.05) is 32.0 Å². The van der Waals surface area contributed by atoms with Crippen LogP contribution in [0, 0.1) is 17.6 Å². The third-order valence-corrected chi connectivity index (χ3v) is 7.57. The Kier molecular flexibility index (Phi) is 11.5. The molecular weight excluding hydrogens is 564 g/mol. The van der Waals surface area contributed by atoms with Crippen molar-refractivity contribution in [3.05, 3.63) is 113 Å². The molecule has 4 rings (SSSR count). The number of nitrogens with zero attached hydrogens (tertiary/aromatic N) is 1. The van der Waals surface area contributed by atoms with Gasteiger partial charge in [0.05, 0.1) is 18.3 Å². The molecule has 0 saturated carbocycles. The van der Waals surface area contributed by atoms with E-state index >= 15 is 0 Å². The van der Waals surface area contributed by atoms with Gasteiger partial charge in [-0.25, -0.2) is 13.8 Å². The Bertz CT molecular complexity index is 1540. The van der Waals surface area contributed by atoms with Gasteiger partial charge >= 0.3 is 0 Å². The second kappa shape index (κ2) is 15.5. The van der Waals surface area contributed by atoms with Crippen LogP contribution >= 0.6 is 0 Å². The number of oxazole rings is 1. The van der Waals surface area contributed by atoms with Crippen molar-refractivity contribution in [2.45, 2.75) is 65.1 Å². The Labute approximate surface area is 256 Å². The summed E-state index contributed by atoms with van der Waals surface area (Å²) in [6.45, 7) is 6.51. The Morgan fingerprint density at radius 2 is 1.68 bits per heavy atom. The van der Waals surface area contributed by atoms with Gasteiger partial charge in [-0.2, -0.15) is 0 Å². The number of benzene rings is 3. The molecule has 3 N–H and O–H groups in total. The van der Waals surface area contributed by atoms with Crippen molar-refractivity contribution in [2.75, 3.05) is 6.54 Å². The lowest BCUT2D eigenvalue weighted by molar-refractivity contribution is 0.0830. The Hall–Kier alpha value is -4.21. The van der Waals surface area contributed by atoms with Crippen molar-refractivity contribution < 1.29 is 27.9 Å². The van der Waals surface area contributed by atoms with Gasteiger partial charge in [0.2, 0.25) is 5.89 Å². The second-order valence-electron chi connectivity index (χ2n) is 11.1. The number of aliphatic hydroxyl groups is 1. The first-order chi connectivity index (χ1) is 21.2. The number of aryl methyl sites for hydroxylation is 1. The molecule has 1 amide bonds. The number of rotatable bonds is 15. The zero-order chi connectivity index (χ0) is 31.6. The molecule has 0 fully saturated rings. The second-order valence-corrected chi connectivity index (χ2v) is 11.1. The topological polar surface area (TPSA) is 104 Å². The number of aromatic nitrogens is 1. The summed E-state index contributed by atoms with van der Waals surface area (Å²) in [7, 11) is 0. The number of halogens is 2. The van der Waals surface area contributed by atoms with Gasteiger partial charge in [-0.05, 0) is 66.3 Å². The third kappa shape index (κ3) is 8.90. The highest BCUT2D eigenvalue weighted by Crippen LogP contribution is 2.24. The van der Waals surface area contributed by atoms with E-state index in [4.69, 9.17) is 4.42 Å². The van der Waals surface area contributed by atoms with E-state index in [-0.39, 0.29) is 41.7 Å². The number of aliphatic hydroxyl groups excluding tert-OH is 1. The van der Waals surface area contributed by atoms with E-state index in [0.29, 0.717) is 24.1 Å². The summed E-state index contributed by atoms with van der Waals surface area (Å²) >= 11 is 0. The summed E-state index contributed by atoms with van der Waals surface area (Å²) in [5.41, 5.74) is 3.47. The molecule has 0 radical (unpaired) electrons. The van der Waals surface area contributed by atoms with Crippen LogP contribution < -0.4 is 10.6 Å². The van der Waals surface area contributed by atoms with Crippen molar-refractivity contribution in [1.29, 1.82) is 0 Å². The van der Waals surface area contributed by atoms with E-state index in [9.17, 15) is 23.5 Å². The van der Waals surface area contributed by atoms with Crippen molar-refractivity contribution in [3.63, 3.8) is 0 Å². The summed E-state index contributed by atoms with van der Waals surface area (Å²) in [6.07, 6.45) is 4.15. The predicted octanol–water partition coefficient (Wildman–Crippen LogP) is 6.29. The highest BCUT2D eigenvalue weighted by atomic mass is 19.1. The van der Waals surface area contributed by atoms with Gasteiger partial charge in [0, 0.05) is 41.8 Å². The van der Waals surface area contributed by atoms with Gasteiger partial charge < -0.3 is 20.2 Å². The van der Waals surface area contributed by atoms with Crippen LogP contribution in [0.25, 0.3) is 11.5 Å². The number of carbonyl (C=O) groups excluding carboxylic acids is 2. The lowest BCUT2D eigenvalue weighted by Crippen LogP contribution is -2.48. The summed E-state index contributed by atoms with van der Waals surface area (Å²) in [5.74, 6) is -2.19. The lowest BCUT2D eigenvalue weighted by atomic mass is 9.92. The molecule has 1 heterocycles. The lowest BCUT2D eigenvalue weighted by Gasteiger charge is -2.25. The van der Waals surface area contributed by atoms with Gasteiger partial charge in [0.25, 0.3) is 5.91 Å². The summed E-state index contributed by atoms with van der Waals surface area (Å²) < 4.78 is 33.5. The monoisotopic (exact) mass is 603 g/mol. The van der Waals surface area contributed by atoms with Crippen LogP contribution in [0.1, 0.15) is 71.0 Å². The first kappa shape index (κ1) is 32.7. The smallest absolute Gasteiger partial charge is 0.251 e. The number of nitrogens with one attached hydrogen (secondary N) is 2. The minimum absolute atomic E-state index is 0.0344. The van der Waals surface area contributed by atoms with Gasteiger partial charge in [-0.15, -0.1) is 0 Å². The molecule has 0 aliphatic heterocycles. The van der Waals surface area contributed by atoms with Gasteiger partial charge in [-0.3, -0.25) is 9.59 Å². The number of hydrogen-bond acceptors (Lipinski definition) is 6. The highest BCUT2D eigenvalue weighted by molar-refractivity contribution is 6.03. The molecule has 4 aromatic rings. The first-order valence-electron chi connectivity index (χ1n) is 15.0. The van der Waals surface area contributed by atoms with Crippen molar-refractivity contribution in [2.24, 2.45) is 5.92 Å². The van der Waals surface area contributed by atoms with Crippen LogP contribution in [0.4, 0.5) is 8.78 Å². The first-order valence-corrected chi connectivity index (χ1v) is 15.0. The number of Topliss-reactive ketones (excluding diaryl/α,β-unsaturated/α-hetero) is 1. The minimum Gasteiger partial charge on any atom is -0.445 e. The van der Waals surface area contributed by atoms with Gasteiger partial charge in [-0.1, -0.05) is 51.5 Å². The summed E-state index contributed by atoms with van der Waals surface area (Å²) in [5, 5.41) is 17.3. The van der Waals surface area contributed by atoms with E-state index in [1.165, 1.54) is 36.2 Å². The molecule has 232 valence electrons. The molecular formula is C35H39F2N3O4. The molecule has 7 nitrogen and oxygen atoms in total. The molecule has 3 atom stereocenters. The fraction of sp³-hybridized carbons (Fsp3) is 0.343. The van der Waals surface area contributed by atoms with E-state index in [0.717, 1.165) is 24.5 Å². The van der Waals surface area contributed by atoms with Crippen LogP contribution in [0.2, 0.25) is 0 Å². The fourth-order valence-electron chi connectivity index (χ4n) is 5.22. The Balaban J connectivity index is 1.59. The molecule has 44 heavy (non-hydrogen) atoms. The molecule has 0 aliphatic carbocycles. The fourth-order valence-corrected chi connectivity index (χ4v) is 5.22. The molecule has 3 aromatic carbocycles.